The van der Waals surface area contributed by atoms with Gasteiger partial charge in [0.15, 0.2) is 0 Å². The van der Waals surface area contributed by atoms with Gasteiger partial charge in [0, 0.05) is 49.8 Å². The third kappa shape index (κ3) is 2.60. The molecule has 1 saturated heterocycles. The molecule has 0 spiro atoms. The lowest BCUT2D eigenvalue weighted by atomic mass is 10.1. The molecule has 3 rings (SSSR count). The number of H-pyrrole nitrogens is 1. The van der Waals surface area contributed by atoms with E-state index in [1.807, 2.05) is 12.1 Å². The summed E-state index contributed by atoms with van der Waals surface area (Å²) in [6.07, 6.45) is 3.19. The van der Waals surface area contributed by atoms with Crippen molar-refractivity contribution in [3.63, 3.8) is 0 Å². The van der Waals surface area contributed by atoms with Crippen LogP contribution in [0.25, 0.3) is 10.9 Å². The van der Waals surface area contributed by atoms with Crippen LogP contribution in [0.15, 0.2) is 24.4 Å². The van der Waals surface area contributed by atoms with E-state index in [2.05, 4.69) is 27.5 Å². The molecule has 0 radical (unpaired) electrons. The Labute approximate surface area is 113 Å². The lowest BCUT2D eigenvalue weighted by molar-refractivity contribution is 0.244. The predicted octanol–water partition coefficient (Wildman–Crippen LogP) is 1.62. The molecule has 1 fully saturated rings. The monoisotopic (exact) mass is 259 g/mol. The van der Waals surface area contributed by atoms with Crippen molar-refractivity contribution >= 4 is 10.9 Å². The van der Waals surface area contributed by atoms with E-state index in [-0.39, 0.29) is 0 Å². The number of piperazine rings is 1. The van der Waals surface area contributed by atoms with Gasteiger partial charge in [-0.2, -0.15) is 0 Å². The molecule has 4 nitrogen and oxygen atoms in total. The maximum atomic E-state index is 5.47. The van der Waals surface area contributed by atoms with Crippen LogP contribution >= 0.6 is 0 Å². The zero-order valence-corrected chi connectivity index (χ0v) is 11.4. The number of aromatic nitrogens is 1. The standard InChI is InChI=1S/C15H21N3O/c1-19-14-4-2-3-13-15(14)12(11-17-13)5-8-18-9-6-16-7-10-18/h2-4,11,16-17H,5-10H2,1H3. The minimum Gasteiger partial charge on any atom is -0.496 e. The number of ether oxygens (including phenoxy) is 1. The van der Waals surface area contributed by atoms with Gasteiger partial charge in [-0.05, 0) is 24.1 Å². The van der Waals surface area contributed by atoms with Crippen LogP contribution in [0, 0.1) is 0 Å². The summed E-state index contributed by atoms with van der Waals surface area (Å²) in [6, 6.07) is 6.16. The lowest BCUT2D eigenvalue weighted by Gasteiger charge is -2.27. The van der Waals surface area contributed by atoms with Crippen LogP contribution in [0.3, 0.4) is 0 Å². The van der Waals surface area contributed by atoms with Gasteiger partial charge in [0.25, 0.3) is 0 Å². The molecule has 0 amide bonds. The Bertz CT molecular complexity index is 543. The first-order valence-corrected chi connectivity index (χ1v) is 6.94. The van der Waals surface area contributed by atoms with Crippen molar-refractivity contribution in [3.8, 4) is 5.75 Å². The van der Waals surface area contributed by atoms with E-state index in [0.29, 0.717) is 0 Å². The Morgan fingerprint density at radius 3 is 2.89 bits per heavy atom. The molecule has 2 N–H and O–H groups in total. The van der Waals surface area contributed by atoms with Gasteiger partial charge < -0.3 is 19.9 Å². The Balaban J connectivity index is 1.77. The van der Waals surface area contributed by atoms with Gasteiger partial charge >= 0.3 is 0 Å². The van der Waals surface area contributed by atoms with Gasteiger partial charge in [0.05, 0.1) is 7.11 Å². The molecule has 1 aliphatic heterocycles. The number of fused-ring (bicyclic) bond motifs is 1. The van der Waals surface area contributed by atoms with Crippen molar-refractivity contribution in [2.24, 2.45) is 0 Å². The van der Waals surface area contributed by atoms with E-state index in [0.717, 1.165) is 50.4 Å². The molecule has 1 aliphatic rings. The van der Waals surface area contributed by atoms with Crippen molar-refractivity contribution in [1.82, 2.24) is 15.2 Å². The van der Waals surface area contributed by atoms with E-state index < -0.39 is 0 Å². The predicted molar refractivity (Wildman–Crippen MR) is 77.9 cm³/mol. The summed E-state index contributed by atoms with van der Waals surface area (Å²) in [6.45, 7) is 5.64. The van der Waals surface area contributed by atoms with Gasteiger partial charge in [-0.1, -0.05) is 6.07 Å². The molecule has 0 unspecified atom stereocenters. The minimum atomic E-state index is 0.967. The van der Waals surface area contributed by atoms with Crippen molar-refractivity contribution < 1.29 is 4.74 Å². The number of rotatable bonds is 4. The first-order valence-electron chi connectivity index (χ1n) is 6.94. The van der Waals surface area contributed by atoms with Crippen molar-refractivity contribution in [3.05, 3.63) is 30.0 Å². The summed E-state index contributed by atoms with van der Waals surface area (Å²) in [5.41, 5.74) is 2.51. The Hall–Kier alpha value is -1.52. The zero-order valence-electron chi connectivity index (χ0n) is 11.4. The summed E-state index contributed by atoms with van der Waals surface area (Å²) in [7, 11) is 1.74. The first kappa shape index (κ1) is 12.5. The fraction of sp³-hybridized carbons (Fsp3) is 0.467. The molecule has 102 valence electrons. The van der Waals surface area contributed by atoms with Crippen molar-refractivity contribution in [2.45, 2.75) is 6.42 Å². The molecule has 4 heteroatoms. The molecule has 0 saturated carbocycles. The molecule has 1 aromatic carbocycles. The molecule has 19 heavy (non-hydrogen) atoms. The van der Waals surface area contributed by atoms with Crippen LogP contribution < -0.4 is 10.1 Å². The highest BCUT2D eigenvalue weighted by Gasteiger charge is 2.12. The quantitative estimate of drug-likeness (QED) is 0.876. The second-order valence-corrected chi connectivity index (χ2v) is 5.04. The van der Waals surface area contributed by atoms with Gasteiger partial charge in [0.1, 0.15) is 5.75 Å². The number of aromatic amines is 1. The highest BCUT2D eigenvalue weighted by atomic mass is 16.5. The second-order valence-electron chi connectivity index (χ2n) is 5.04. The highest BCUT2D eigenvalue weighted by molar-refractivity contribution is 5.89. The number of nitrogens with zero attached hydrogens (tertiary/aromatic N) is 1. The molecular weight excluding hydrogens is 238 g/mol. The van der Waals surface area contributed by atoms with Crippen LogP contribution in [0.5, 0.6) is 5.75 Å². The third-order valence-corrected chi connectivity index (χ3v) is 3.88. The summed E-state index contributed by atoms with van der Waals surface area (Å²) in [5.74, 6) is 0.967. The van der Waals surface area contributed by atoms with E-state index >= 15 is 0 Å². The number of nitrogens with one attached hydrogen (secondary N) is 2. The Kier molecular flexibility index (Phi) is 3.71. The van der Waals surface area contributed by atoms with E-state index in [1.165, 1.54) is 10.9 Å². The molecule has 0 atom stereocenters. The van der Waals surface area contributed by atoms with Crippen molar-refractivity contribution in [1.29, 1.82) is 0 Å². The largest absolute Gasteiger partial charge is 0.496 e. The molecule has 1 aromatic heterocycles. The topological polar surface area (TPSA) is 40.3 Å². The zero-order chi connectivity index (χ0) is 13.1. The summed E-state index contributed by atoms with van der Waals surface area (Å²) in [5, 5.41) is 4.62. The maximum Gasteiger partial charge on any atom is 0.128 e. The Morgan fingerprint density at radius 1 is 1.26 bits per heavy atom. The first-order chi connectivity index (χ1) is 9.38. The average molecular weight is 259 g/mol. The third-order valence-electron chi connectivity index (χ3n) is 3.88. The highest BCUT2D eigenvalue weighted by Crippen LogP contribution is 2.28. The van der Waals surface area contributed by atoms with E-state index in [4.69, 9.17) is 4.74 Å². The normalized spacial score (nSPS) is 16.9. The van der Waals surface area contributed by atoms with Crippen LogP contribution in [0.4, 0.5) is 0 Å². The fourth-order valence-corrected chi connectivity index (χ4v) is 2.80. The fourth-order valence-electron chi connectivity index (χ4n) is 2.80. The molecule has 0 aliphatic carbocycles. The Morgan fingerprint density at radius 2 is 2.11 bits per heavy atom. The van der Waals surface area contributed by atoms with Crippen LogP contribution in [0.2, 0.25) is 0 Å². The average Bonchev–Trinajstić information content (AvgIpc) is 2.89. The minimum absolute atomic E-state index is 0.967. The number of hydrogen-bond donors (Lipinski definition) is 2. The number of methoxy groups -OCH3 is 1. The summed E-state index contributed by atoms with van der Waals surface area (Å²) in [4.78, 5) is 5.86. The van der Waals surface area contributed by atoms with Gasteiger partial charge in [-0.25, -0.2) is 0 Å². The SMILES string of the molecule is COc1cccc2[nH]cc(CCN3CCNCC3)c12. The second kappa shape index (κ2) is 5.63. The molecular formula is C15H21N3O. The molecule has 0 bridgehead atoms. The maximum absolute atomic E-state index is 5.47. The summed E-state index contributed by atoms with van der Waals surface area (Å²) < 4.78 is 5.47. The van der Waals surface area contributed by atoms with Crippen LogP contribution in [0.1, 0.15) is 5.56 Å². The van der Waals surface area contributed by atoms with E-state index in [1.54, 1.807) is 7.11 Å². The van der Waals surface area contributed by atoms with E-state index in [9.17, 15) is 0 Å². The van der Waals surface area contributed by atoms with Gasteiger partial charge in [-0.3, -0.25) is 0 Å². The number of benzene rings is 1. The molecule has 2 heterocycles. The van der Waals surface area contributed by atoms with Crippen LogP contribution in [-0.4, -0.2) is 49.7 Å². The number of hydrogen-bond acceptors (Lipinski definition) is 3. The van der Waals surface area contributed by atoms with Gasteiger partial charge in [-0.15, -0.1) is 0 Å². The smallest absolute Gasteiger partial charge is 0.128 e. The van der Waals surface area contributed by atoms with Crippen LogP contribution in [-0.2, 0) is 6.42 Å². The van der Waals surface area contributed by atoms with Gasteiger partial charge in [0.2, 0.25) is 0 Å². The lowest BCUT2D eigenvalue weighted by Crippen LogP contribution is -2.44. The molecule has 2 aromatic rings. The summed E-state index contributed by atoms with van der Waals surface area (Å²) >= 11 is 0. The van der Waals surface area contributed by atoms with Crippen molar-refractivity contribution in [2.75, 3.05) is 39.8 Å².